The average molecular weight is 293 g/mol. The molecule has 0 aromatic heterocycles. The van der Waals surface area contributed by atoms with Gasteiger partial charge in [0.05, 0.1) is 6.04 Å². The Kier molecular flexibility index (Phi) is 5.02. The van der Waals surface area contributed by atoms with Crippen LogP contribution in [0.15, 0.2) is 36.4 Å². The largest absolute Gasteiger partial charge is 0.306 e. The van der Waals surface area contributed by atoms with Gasteiger partial charge in [-0.2, -0.15) is 0 Å². The van der Waals surface area contributed by atoms with E-state index in [0.717, 1.165) is 6.42 Å². The normalized spacial score (nSPS) is 12.4. The van der Waals surface area contributed by atoms with E-state index in [1.54, 1.807) is 19.1 Å². The molecular weight excluding hydrogens is 275 g/mol. The van der Waals surface area contributed by atoms with Crippen LogP contribution in [0, 0.1) is 24.4 Å². The first-order chi connectivity index (χ1) is 10.0. The molecule has 112 valence electrons. The molecule has 1 unspecified atom stereocenters. The summed E-state index contributed by atoms with van der Waals surface area (Å²) in [4.78, 5) is 0. The number of hydrogen-bond donors (Lipinski definition) is 1. The van der Waals surface area contributed by atoms with Crippen molar-refractivity contribution in [3.8, 4) is 0 Å². The Labute approximate surface area is 122 Å². The maximum Gasteiger partial charge on any atom is 0.131 e. The molecule has 0 fully saturated rings. The number of aryl methyl sites for hydroxylation is 1. The van der Waals surface area contributed by atoms with Crippen LogP contribution in [0.5, 0.6) is 0 Å². The van der Waals surface area contributed by atoms with Gasteiger partial charge in [-0.1, -0.05) is 25.1 Å². The summed E-state index contributed by atoms with van der Waals surface area (Å²) in [6.45, 7) is 4.21. The summed E-state index contributed by atoms with van der Waals surface area (Å²) in [5, 5.41) is 3.13. The van der Waals surface area contributed by atoms with Crippen LogP contribution in [0.1, 0.15) is 36.1 Å². The van der Waals surface area contributed by atoms with E-state index >= 15 is 0 Å². The summed E-state index contributed by atoms with van der Waals surface area (Å²) < 4.78 is 41.5. The first-order valence-corrected chi connectivity index (χ1v) is 6.98. The van der Waals surface area contributed by atoms with Crippen molar-refractivity contribution in [3.63, 3.8) is 0 Å². The number of rotatable bonds is 5. The molecule has 1 nitrogen and oxygen atoms in total. The van der Waals surface area contributed by atoms with Crippen molar-refractivity contribution in [1.29, 1.82) is 0 Å². The van der Waals surface area contributed by atoms with Gasteiger partial charge in [0.15, 0.2) is 0 Å². The second-order valence-corrected chi connectivity index (χ2v) is 5.03. The molecule has 0 spiro atoms. The molecule has 2 aromatic carbocycles. The van der Waals surface area contributed by atoms with Crippen molar-refractivity contribution < 1.29 is 13.2 Å². The highest BCUT2D eigenvalue weighted by Gasteiger charge is 2.21. The maximum atomic E-state index is 14.0. The number of halogens is 3. The van der Waals surface area contributed by atoms with Crippen LogP contribution in [-0.2, 0) is 0 Å². The third-order valence-electron chi connectivity index (χ3n) is 3.40. The molecular formula is C17H18F3N. The first kappa shape index (κ1) is 15.6. The zero-order chi connectivity index (χ0) is 15.4. The maximum absolute atomic E-state index is 14.0. The molecule has 1 atom stereocenters. The van der Waals surface area contributed by atoms with Crippen LogP contribution in [0.2, 0.25) is 0 Å². The average Bonchev–Trinajstić information content (AvgIpc) is 2.45. The summed E-state index contributed by atoms with van der Waals surface area (Å²) in [6, 6.07) is 7.66. The molecule has 2 rings (SSSR count). The number of benzene rings is 2. The Morgan fingerprint density at radius 1 is 1.00 bits per heavy atom. The SMILES string of the molecule is CCCNC(c1ccc(F)c(C)c1)c1c(F)cccc1F. The van der Waals surface area contributed by atoms with Gasteiger partial charge in [0, 0.05) is 5.56 Å². The number of hydrogen-bond acceptors (Lipinski definition) is 1. The molecule has 1 N–H and O–H groups in total. The van der Waals surface area contributed by atoms with Crippen LogP contribution in [0.25, 0.3) is 0 Å². The Morgan fingerprint density at radius 2 is 1.67 bits per heavy atom. The van der Waals surface area contributed by atoms with Crippen molar-refractivity contribution in [2.45, 2.75) is 26.3 Å². The van der Waals surface area contributed by atoms with Crippen LogP contribution in [0.3, 0.4) is 0 Å². The Bertz CT molecular complexity index is 605. The summed E-state index contributed by atoms with van der Waals surface area (Å²) in [5.41, 5.74) is 1.07. The van der Waals surface area contributed by atoms with Crippen molar-refractivity contribution in [2.75, 3.05) is 6.54 Å². The lowest BCUT2D eigenvalue weighted by molar-refractivity contribution is 0.502. The van der Waals surface area contributed by atoms with Crippen LogP contribution in [0.4, 0.5) is 13.2 Å². The van der Waals surface area contributed by atoms with E-state index < -0.39 is 17.7 Å². The molecule has 0 aliphatic rings. The third-order valence-corrected chi connectivity index (χ3v) is 3.40. The fraction of sp³-hybridized carbons (Fsp3) is 0.294. The molecule has 0 saturated heterocycles. The zero-order valence-corrected chi connectivity index (χ0v) is 12.1. The lowest BCUT2D eigenvalue weighted by Crippen LogP contribution is -2.25. The molecule has 0 radical (unpaired) electrons. The summed E-state index contributed by atoms with van der Waals surface area (Å²) in [7, 11) is 0. The molecule has 2 aromatic rings. The van der Waals surface area contributed by atoms with Gasteiger partial charge in [0.1, 0.15) is 17.5 Å². The highest BCUT2D eigenvalue weighted by atomic mass is 19.1. The lowest BCUT2D eigenvalue weighted by atomic mass is 9.96. The summed E-state index contributed by atoms with van der Waals surface area (Å²) >= 11 is 0. The molecule has 0 amide bonds. The van der Waals surface area contributed by atoms with Gasteiger partial charge in [-0.3, -0.25) is 0 Å². The van der Waals surface area contributed by atoms with Crippen molar-refractivity contribution in [3.05, 3.63) is 70.5 Å². The predicted molar refractivity (Wildman–Crippen MR) is 77.6 cm³/mol. The zero-order valence-electron chi connectivity index (χ0n) is 12.1. The molecule has 0 aliphatic heterocycles. The van der Waals surface area contributed by atoms with Gasteiger partial charge in [-0.15, -0.1) is 0 Å². The fourth-order valence-electron chi connectivity index (χ4n) is 2.31. The van der Waals surface area contributed by atoms with Crippen molar-refractivity contribution in [2.24, 2.45) is 0 Å². The molecule has 0 saturated carbocycles. The lowest BCUT2D eigenvalue weighted by Gasteiger charge is -2.21. The Balaban J connectivity index is 2.49. The van der Waals surface area contributed by atoms with Crippen molar-refractivity contribution in [1.82, 2.24) is 5.32 Å². The number of nitrogens with one attached hydrogen (secondary N) is 1. The smallest absolute Gasteiger partial charge is 0.131 e. The second kappa shape index (κ2) is 6.76. The molecule has 0 heterocycles. The van der Waals surface area contributed by atoms with E-state index in [4.69, 9.17) is 0 Å². The van der Waals surface area contributed by atoms with Crippen LogP contribution >= 0.6 is 0 Å². The molecule has 4 heteroatoms. The Hall–Kier alpha value is -1.81. The second-order valence-electron chi connectivity index (χ2n) is 5.03. The van der Waals surface area contributed by atoms with Gasteiger partial charge in [-0.25, -0.2) is 13.2 Å². The van der Waals surface area contributed by atoms with Gasteiger partial charge >= 0.3 is 0 Å². The molecule has 21 heavy (non-hydrogen) atoms. The first-order valence-electron chi connectivity index (χ1n) is 6.98. The predicted octanol–water partition coefficient (Wildman–Crippen LogP) is 4.50. The Morgan fingerprint density at radius 3 is 2.24 bits per heavy atom. The van der Waals surface area contributed by atoms with E-state index in [-0.39, 0.29) is 11.4 Å². The molecule has 0 bridgehead atoms. The summed E-state index contributed by atoms with van der Waals surface area (Å²) in [6.07, 6.45) is 0.826. The quantitative estimate of drug-likeness (QED) is 0.855. The van der Waals surface area contributed by atoms with E-state index in [9.17, 15) is 13.2 Å². The highest BCUT2D eigenvalue weighted by Crippen LogP contribution is 2.28. The van der Waals surface area contributed by atoms with Crippen LogP contribution in [-0.4, -0.2) is 6.54 Å². The molecule has 0 aliphatic carbocycles. The van der Waals surface area contributed by atoms with Crippen LogP contribution < -0.4 is 5.32 Å². The van der Waals surface area contributed by atoms with Crippen molar-refractivity contribution >= 4 is 0 Å². The van der Waals surface area contributed by atoms with Gasteiger partial charge in [-0.05, 0) is 49.2 Å². The minimum Gasteiger partial charge on any atom is -0.306 e. The summed E-state index contributed by atoms with van der Waals surface area (Å²) in [5.74, 6) is -1.54. The van der Waals surface area contributed by atoms with E-state index in [1.165, 1.54) is 24.3 Å². The third kappa shape index (κ3) is 3.45. The van der Waals surface area contributed by atoms with Gasteiger partial charge in [0.25, 0.3) is 0 Å². The fourth-order valence-corrected chi connectivity index (χ4v) is 2.31. The van der Waals surface area contributed by atoms with Gasteiger partial charge in [0.2, 0.25) is 0 Å². The minimum atomic E-state index is -0.634. The topological polar surface area (TPSA) is 12.0 Å². The van der Waals surface area contributed by atoms with E-state index in [1.807, 2.05) is 6.92 Å². The van der Waals surface area contributed by atoms with E-state index in [2.05, 4.69) is 5.32 Å². The van der Waals surface area contributed by atoms with E-state index in [0.29, 0.717) is 17.7 Å². The standard InChI is InChI=1S/C17H18F3N/c1-3-9-21-17(12-7-8-13(18)11(2)10-12)16-14(19)5-4-6-15(16)20/h4-8,10,17,21H,3,9H2,1-2H3. The minimum absolute atomic E-state index is 0.0306. The monoisotopic (exact) mass is 293 g/mol. The van der Waals surface area contributed by atoms with Gasteiger partial charge < -0.3 is 5.32 Å². The highest BCUT2D eigenvalue weighted by molar-refractivity contribution is 5.36.